The molecule has 0 aliphatic carbocycles. The first-order valence-electron chi connectivity index (χ1n) is 7.78. The molecule has 2 unspecified atom stereocenters. The molecule has 20 heavy (non-hydrogen) atoms. The van der Waals surface area contributed by atoms with Gasteiger partial charge in [0.1, 0.15) is 0 Å². The van der Waals surface area contributed by atoms with Gasteiger partial charge in [0.05, 0.1) is 0 Å². The molecule has 0 radical (unpaired) electrons. The van der Waals surface area contributed by atoms with Crippen LogP contribution in [0.15, 0.2) is 29.2 Å². The summed E-state index contributed by atoms with van der Waals surface area (Å²) in [7, 11) is 0. The Bertz CT molecular complexity index is 384. The van der Waals surface area contributed by atoms with Crippen LogP contribution >= 0.6 is 11.8 Å². The standard InChI is InChI=1S/C17H28N2S/c1-14(13-19-10-4-5-11-19)12-18-15(2)16-6-8-17(20-3)9-7-16/h6-9,14-15,18H,4-5,10-13H2,1-3H3. The summed E-state index contributed by atoms with van der Waals surface area (Å²) >= 11 is 1.80. The number of nitrogens with one attached hydrogen (secondary N) is 1. The highest BCUT2D eigenvalue weighted by molar-refractivity contribution is 7.98. The van der Waals surface area contributed by atoms with Gasteiger partial charge in [-0.2, -0.15) is 0 Å². The molecule has 1 aliphatic heterocycles. The monoisotopic (exact) mass is 292 g/mol. The zero-order valence-corrected chi connectivity index (χ0v) is 13.9. The number of nitrogens with zero attached hydrogens (tertiary/aromatic N) is 1. The number of likely N-dealkylation sites (tertiary alicyclic amines) is 1. The molecule has 1 aromatic rings. The maximum Gasteiger partial charge on any atom is 0.0291 e. The molecule has 0 bridgehead atoms. The summed E-state index contributed by atoms with van der Waals surface area (Å²) in [5.74, 6) is 0.723. The Hall–Kier alpha value is -0.510. The molecule has 0 spiro atoms. The highest BCUT2D eigenvalue weighted by Crippen LogP contribution is 2.19. The van der Waals surface area contributed by atoms with Gasteiger partial charge >= 0.3 is 0 Å². The number of hydrogen-bond donors (Lipinski definition) is 1. The quantitative estimate of drug-likeness (QED) is 0.770. The third-order valence-electron chi connectivity index (χ3n) is 4.16. The molecular formula is C17H28N2S. The van der Waals surface area contributed by atoms with Gasteiger partial charge in [-0.25, -0.2) is 0 Å². The van der Waals surface area contributed by atoms with Gasteiger partial charge in [-0.05, 0) is 69.3 Å². The Morgan fingerprint density at radius 2 is 1.80 bits per heavy atom. The topological polar surface area (TPSA) is 15.3 Å². The van der Waals surface area contributed by atoms with E-state index in [-0.39, 0.29) is 0 Å². The Labute approximate surface area is 128 Å². The second-order valence-corrected chi connectivity index (χ2v) is 6.90. The fourth-order valence-electron chi connectivity index (χ4n) is 2.86. The fraction of sp³-hybridized carbons (Fsp3) is 0.647. The summed E-state index contributed by atoms with van der Waals surface area (Å²) < 4.78 is 0. The lowest BCUT2D eigenvalue weighted by molar-refractivity contribution is 0.279. The maximum absolute atomic E-state index is 3.68. The van der Waals surface area contributed by atoms with Gasteiger partial charge in [-0.3, -0.25) is 0 Å². The molecule has 2 rings (SSSR count). The van der Waals surface area contributed by atoms with Crippen molar-refractivity contribution in [1.82, 2.24) is 10.2 Å². The normalized spacial score (nSPS) is 19.1. The Kier molecular flexibility index (Phi) is 6.40. The molecule has 1 fully saturated rings. The zero-order valence-electron chi connectivity index (χ0n) is 13.1. The first-order valence-corrected chi connectivity index (χ1v) is 9.01. The van der Waals surface area contributed by atoms with Gasteiger partial charge in [0.25, 0.3) is 0 Å². The number of hydrogen-bond acceptors (Lipinski definition) is 3. The minimum absolute atomic E-state index is 0.437. The van der Waals surface area contributed by atoms with Gasteiger partial charge in [-0.1, -0.05) is 19.1 Å². The molecule has 1 saturated heterocycles. The second-order valence-electron chi connectivity index (χ2n) is 6.02. The smallest absolute Gasteiger partial charge is 0.0291 e. The van der Waals surface area contributed by atoms with Crippen molar-refractivity contribution in [3.63, 3.8) is 0 Å². The van der Waals surface area contributed by atoms with E-state index in [4.69, 9.17) is 0 Å². The van der Waals surface area contributed by atoms with Gasteiger partial charge in [0.15, 0.2) is 0 Å². The molecule has 0 aromatic heterocycles. The molecule has 1 heterocycles. The Balaban J connectivity index is 1.74. The van der Waals surface area contributed by atoms with Crippen LogP contribution in [0.2, 0.25) is 0 Å². The number of thioether (sulfide) groups is 1. The molecular weight excluding hydrogens is 264 g/mol. The van der Waals surface area contributed by atoms with E-state index in [1.807, 2.05) is 0 Å². The molecule has 2 nitrogen and oxygen atoms in total. The van der Waals surface area contributed by atoms with Crippen molar-refractivity contribution in [1.29, 1.82) is 0 Å². The molecule has 0 amide bonds. The summed E-state index contributed by atoms with van der Waals surface area (Å²) in [5.41, 5.74) is 1.39. The van der Waals surface area contributed by atoms with Crippen LogP contribution in [0.4, 0.5) is 0 Å². The van der Waals surface area contributed by atoms with Gasteiger partial charge in [-0.15, -0.1) is 11.8 Å². The van der Waals surface area contributed by atoms with Crippen LogP contribution in [0.25, 0.3) is 0 Å². The Morgan fingerprint density at radius 1 is 1.15 bits per heavy atom. The second kappa shape index (κ2) is 8.06. The minimum Gasteiger partial charge on any atom is -0.310 e. The van der Waals surface area contributed by atoms with E-state index in [0.29, 0.717) is 6.04 Å². The summed E-state index contributed by atoms with van der Waals surface area (Å²) in [5, 5.41) is 3.68. The molecule has 112 valence electrons. The van der Waals surface area contributed by atoms with E-state index < -0.39 is 0 Å². The molecule has 0 saturated carbocycles. The zero-order chi connectivity index (χ0) is 14.4. The van der Waals surface area contributed by atoms with Gasteiger partial charge < -0.3 is 10.2 Å². The largest absolute Gasteiger partial charge is 0.310 e. The average molecular weight is 292 g/mol. The van der Waals surface area contributed by atoms with Crippen molar-refractivity contribution in [2.75, 3.05) is 32.4 Å². The van der Waals surface area contributed by atoms with Gasteiger partial charge in [0, 0.05) is 17.5 Å². The summed E-state index contributed by atoms with van der Waals surface area (Å²) in [6, 6.07) is 9.35. The summed E-state index contributed by atoms with van der Waals surface area (Å²) in [6.45, 7) is 9.56. The van der Waals surface area contributed by atoms with E-state index in [0.717, 1.165) is 12.5 Å². The van der Waals surface area contributed by atoms with Crippen molar-refractivity contribution >= 4 is 11.8 Å². The Morgan fingerprint density at radius 3 is 2.40 bits per heavy atom. The lowest BCUT2D eigenvalue weighted by Crippen LogP contribution is -2.32. The number of rotatable bonds is 7. The third-order valence-corrected chi connectivity index (χ3v) is 4.90. The van der Waals surface area contributed by atoms with E-state index >= 15 is 0 Å². The van der Waals surface area contributed by atoms with E-state index in [1.54, 1.807) is 11.8 Å². The van der Waals surface area contributed by atoms with E-state index in [2.05, 4.69) is 54.6 Å². The molecule has 2 atom stereocenters. The van der Waals surface area contributed by atoms with Crippen molar-refractivity contribution in [2.45, 2.75) is 37.6 Å². The van der Waals surface area contributed by atoms with Crippen molar-refractivity contribution in [3.05, 3.63) is 29.8 Å². The van der Waals surface area contributed by atoms with Crippen LogP contribution in [-0.2, 0) is 0 Å². The minimum atomic E-state index is 0.437. The maximum atomic E-state index is 3.68. The van der Waals surface area contributed by atoms with Crippen LogP contribution in [0.1, 0.15) is 38.3 Å². The molecule has 1 aliphatic rings. The summed E-state index contributed by atoms with van der Waals surface area (Å²) in [4.78, 5) is 3.94. The highest BCUT2D eigenvalue weighted by atomic mass is 32.2. The summed E-state index contributed by atoms with van der Waals surface area (Å²) in [6.07, 6.45) is 4.90. The van der Waals surface area contributed by atoms with Crippen LogP contribution in [-0.4, -0.2) is 37.3 Å². The first kappa shape index (κ1) is 15.9. The fourth-order valence-corrected chi connectivity index (χ4v) is 3.27. The average Bonchev–Trinajstić information content (AvgIpc) is 2.97. The lowest BCUT2D eigenvalue weighted by atomic mass is 10.1. The van der Waals surface area contributed by atoms with Crippen LogP contribution in [0.5, 0.6) is 0 Å². The van der Waals surface area contributed by atoms with E-state index in [1.165, 1.54) is 42.9 Å². The predicted octanol–water partition coefficient (Wildman–Crippen LogP) is 3.79. The SMILES string of the molecule is CSc1ccc(C(C)NCC(C)CN2CCCC2)cc1. The van der Waals surface area contributed by atoms with Crippen molar-refractivity contribution in [2.24, 2.45) is 5.92 Å². The molecule has 1 aromatic carbocycles. The predicted molar refractivity (Wildman–Crippen MR) is 89.5 cm³/mol. The number of benzene rings is 1. The molecule has 1 N–H and O–H groups in total. The molecule has 3 heteroatoms. The van der Waals surface area contributed by atoms with Crippen LogP contribution < -0.4 is 5.32 Å². The first-order chi connectivity index (χ1) is 9.69. The van der Waals surface area contributed by atoms with Gasteiger partial charge in [0.2, 0.25) is 0 Å². The van der Waals surface area contributed by atoms with Crippen molar-refractivity contribution < 1.29 is 0 Å². The highest BCUT2D eigenvalue weighted by Gasteiger charge is 2.15. The van der Waals surface area contributed by atoms with Crippen LogP contribution in [0.3, 0.4) is 0 Å². The van der Waals surface area contributed by atoms with E-state index in [9.17, 15) is 0 Å². The third kappa shape index (κ3) is 4.80. The lowest BCUT2D eigenvalue weighted by Gasteiger charge is -2.22. The van der Waals surface area contributed by atoms with Crippen molar-refractivity contribution in [3.8, 4) is 0 Å². The van der Waals surface area contributed by atoms with Crippen LogP contribution in [0, 0.1) is 5.92 Å².